The molecule has 5 nitrogen and oxygen atoms in total. The van der Waals surface area contributed by atoms with E-state index in [0.29, 0.717) is 5.92 Å². The lowest BCUT2D eigenvalue weighted by Crippen LogP contribution is -2.07. The Labute approximate surface area is 136 Å². The van der Waals surface area contributed by atoms with E-state index in [1.165, 1.54) is 10.9 Å². The van der Waals surface area contributed by atoms with Crippen molar-refractivity contribution in [1.82, 2.24) is 15.0 Å². The molecular weight excluding hydrogens is 288 g/mol. The van der Waals surface area contributed by atoms with E-state index in [1.807, 2.05) is 18.2 Å². The highest BCUT2D eigenvalue weighted by Gasteiger charge is 2.06. The minimum atomic E-state index is 0.402. The third-order valence-electron chi connectivity index (χ3n) is 3.95. The van der Waals surface area contributed by atoms with Crippen LogP contribution in [0.15, 0.2) is 36.8 Å². The number of benzene rings is 1. The minimum absolute atomic E-state index is 0.402. The van der Waals surface area contributed by atoms with Crippen LogP contribution in [0.4, 0.5) is 5.82 Å². The SMILES string of the molecule is COc1ccc2[nH]cc(CCNc3cc(C(C)C)ncn3)c2c1. The molecule has 2 aromatic heterocycles. The highest BCUT2D eigenvalue weighted by Crippen LogP contribution is 2.24. The number of ether oxygens (including phenoxy) is 1. The van der Waals surface area contributed by atoms with Gasteiger partial charge >= 0.3 is 0 Å². The second kappa shape index (κ2) is 6.69. The van der Waals surface area contributed by atoms with Crippen molar-refractivity contribution in [2.45, 2.75) is 26.2 Å². The summed E-state index contributed by atoms with van der Waals surface area (Å²) in [5, 5.41) is 4.58. The monoisotopic (exact) mass is 310 g/mol. The lowest BCUT2D eigenvalue weighted by molar-refractivity contribution is 0.415. The van der Waals surface area contributed by atoms with Gasteiger partial charge in [0.05, 0.1) is 7.11 Å². The van der Waals surface area contributed by atoms with Crippen LogP contribution in [0, 0.1) is 0 Å². The molecule has 0 atom stereocenters. The molecule has 0 amide bonds. The largest absolute Gasteiger partial charge is 0.497 e. The van der Waals surface area contributed by atoms with Crippen LogP contribution in [-0.2, 0) is 6.42 Å². The van der Waals surface area contributed by atoms with E-state index in [4.69, 9.17) is 4.74 Å². The van der Waals surface area contributed by atoms with Gasteiger partial charge in [-0.2, -0.15) is 0 Å². The van der Waals surface area contributed by atoms with Crippen molar-refractivity contribution >= 4 is 16.7 Å². The molecule has 0 aliphatic rings. The van der Waals surface area contributed by atoms with Crippen LogP contribution in [-0.4, -0.2) is 28.6 Å². The topological polar surface area (TPSA) is 62.8 Å². The summed E-state index contributed by atoms with van der Waals surface area (Å²) in [6.45, 7) is 5.08. The molecule has 3 rings (SSSR count). The van der Waals surface area contributed by atoms with Gasteiger partial charge in [-0.3, -0.25) is 0 Å². The summed E-state index contributed by atoms with van der Waals surface area (Å²) >= 11 is 0. The summed E-state index contributed by atoms with van der Waals surface area (Å²) in [5.74, 6) is 2.16. The standard InChI is InChI=1S/C18H22N4O/c1-12(2)17-9-18(22-11-21-17)19-7-6-13-10-20-16-5-4-14(23-3)8-15(13)16/h4-5,8-12,20H,6-7H2,1-3H3,(H,19,21,22). The van der Waals surface area contributed by atoms with Crippen LogP contribution < -0.4 is 10.1 Å². The van der Waals surface area contributed by atoms with Crippen LogP contribution in [0.5, 0.6) is 5.75 Å². The van der Waals surface area contributed by atoms with Crippen LogP contribution in [0.1, 0.15) is 31.0 Å². The number of rotatable bonds is 6. The number of methoxy groups -OCH3 is 1. The van der Waals surface area contributed by atoms with Gasteiger partial charge in [-0.1, -0.05) is 13.8 Å². The minimum Gasteiger partial charge on any atom is -0.497 e. The van der Waals surface area contributed by atoms with E-state index in [9.17, 15) is 0 Å². The lowest BCUT2D eigenvalue weighted by Gasteiger charge is -2.08. The molecule has 120 valence electrons. The Kier molecular flexibility index (Phi) is 4.46. The fraction of sp³-hybridized carbons (Fsp3) is 0.333. The molecule has 2 heterocycles. The zero-order valence-corrected chi connectivity index (χ0v) is 13.8. The first kappa shape index (κ1) is 15.3. The summed E-state index contributed by atoms with van der Waals surface area (Å²) in [7, 11) is 1.69. The zero-order chi connectivity index (χ0) is 16.2. The average Bonchev–Trinajstić information content (AvgIpc) is 2.97. The molecule has 23 heavy (non-hydrogen) atoms. The Morgan fingerprint density at radius 1 is 1.22 bits per heavy atom. The molecule has 3 aromatic rings. The summed E-state index contributed by atoms with van der Waals surface area (Å²) in [5.41, 5.74) is 3.45. The Balaban J connectivity index is 1.68. The second-order valence-corrected chi connectivity index (χ2v) is 5.89. The second-order valence-electron chi connectivity index (χ2n) is 5.89. The Hall–Kier alpha value is -2.56. The fourth-order valence-corrected chi connectivity index (χ4v) is 2.60. The van der Waals surface area contributed by atoms with Gasteiger partial charge < -0.3 is 15.0 Å². The predicted octanol–water partition coefficient (Wildman–Crippen LogP) is 3.74. The van der Waals surface area contributed by atoms with Gasteiger partial charge in [-0.15, -0.1) is 0 Å². The van der Waals surface area contributed by atoms with E-state index in [0.717, 1.165) is 35.7 Å². The molecule has 0 radical (unpaired) electrons. The molecule has 0 saturated carbocycles. The first-order valence-electron chi connectivity index (χ1n) is 7.87. The highest BCUT2D eigenvalue weighted by molar-refractivity contribution is 5.84. The zero-order valence-electron chi connectivity index (χ0n) is 13.8. The molecule has 5 heteroatoms. The number of anilines is 1. The molecule has 0 unspecified atom stereocenters. The van der Waals surface area contributed by atoms with Crippen molar-refractivity contribution in [3.05, 3.63) is 48.0 Å². The number of fused-ring (bicyclic) bond motifs is 1. The van der Waals surface area contributed by atoms with Crippen LogP contribution >= 0.6 is 0 Å². The summed E-state index contributed by atoms with van der Waals surface area (Å²) in [6, 6.07) is 8.10. The third kappa shape index (κ3) is 3.44. The van der Waals surface area contributed by atoms with E-state index < -0.39 is 0 Å². The third-order valence-corrected chi connectivity index (χ3v) is 3.95. The molecule has 0 aliphatic heterocycles. The molecule has 0 spiro atoms. The highest BCUT2D eigenvalue weighted by atomic mass is 16.5. The predicted molar refractivity (Wildman–Crippen MR) is 93.2 cm³/mol. The quantitative estimate of drug-likeness (QED) is 0.728. The fourth-order valence-electron chi connectivity index (χ4n) is 2.60. The van der Waals surface area contributed by atoms with Crippen molar-refractivity contribution in [3.63, 3.8) is 0 Å². The lowest BCUT2D eigenvalue weighted by atomic mass is 10.1. The van der Waals surface area contributed by atoms with Crippen molar-refractivity contribution in [1.29, 1.82) is 0 Å². The average molecular weight is 310 g/mol. The van der Waals surface area contributed by atoms with E-state index in [-0.39, 0.29) is 0 Å². The van der Waals surface area contributed by atoms with Crippen LogP contribution in [0.2, 0.25) is 0 Å². The van der Waals surface area contributed by atoms with E-state index in [1.54, 1.807) is 13.4 Å². The van der Waals surface area contributed by atoms with Gasteiger partial charge in [0, 0.05) is 35.4 Å². The maximum Gasteiger partial charge on any atom is 0.129 e. The smallest absolute Gasteiger partial charge is 0.129 e. The van der Waals surface area contributed by atoms with Gasteiger partial charge in [-0.25, -0.2) is 9.97 Å². The first-order valence-corrected chi connectivity index (χ1v) is 7.87. The number of nitrogens with one attached hydrogen (secondary N) is 2. The normalized spacial score (nSPS) is 11.1. The summed E-state index contributed by atoms with van der Waals surface area (Å²) in [6.07, 6.45) is 4.59. The molecule has 0 aliphatic carbocycles. The molecular formula is C18H22N4O. The Bertz CT molecular complexity index is 795. The number of nitrogens with zero attached hydrogens (tertiary/aromatic N) is 2. The Morgan fingerprint density at radius 2 is 2.09 bits per heavy atom. The van der Waals surface area contributed by atoms with Crippen molar-refractivity contribution in [2.24, 2.45) is 0 Å². The summed E-state index contributed by atoms with van der Waals surface area (Å²) < 4.78 is 5.31. The maximum absolute atomic E-state index is 5.31. The van der Waals surface area contributed by atoms with Crippen molar-refractivity contribution in [3.8, 4) is 5.75 Å². The van der Waals surface area contributed by atoms with Gasteiger partial charge in [-0.05, 0) is 36.1 Å². The number of hydrogen-bond donors (Lipinski definition) is 2. The van der Waals surface area contributed by atoms with Gasteiger partial charge in [0.2, 0.25) is 0 Å². The van der Waals surface area contributed by atoms with Crippen molar-refractivity contribution in [2.75, 3.05) is 19.0 Å². The molecule has 0 saturated heterocycles. The van der Waals surface area contributed by atoms with Crippen molar-refractivity contribution < 1.29 is 4.74 Å². The van der Waals surface area contributed by atoms with Crippen LogP contribution in [0.3, 0.4) is 0 Å². The molecule has 1 aromatic carbocycles. The number of aromatic nitrogens is 3. The molecule has 2 N–H and O–H groups in total. The number of H-pyrrole nitrogens is 1. The number of aromatic amines is 1. The number of hydrogen-bond acceptors (Lipinski definition) is 4. The van der Waals surface area contributed by atoms with E-state index >= 15 is 0 Å². The van der Waals surface area contributed by atoms with Gasteiger partial charge in [0.15, 0.2) is 0 Å². The van der Waals surface area contributed by atoms with E-state index in [2.05, 4.69) is 46.4 Å². The van der Waals surface area contributed by atoms with Gasteiger partial charge in [0.25, 0.3) is 0 Å². The Morgan fingerprint density at radius 3 is 2.87 bits per heavy atom. The molecule has 0 bridgehead atoms. The maximum atomic E-state index is 5.31. The van der Waals surface area contributed by atoms with Crippen LogP contribution in [0.25, 0.3) is 10.9 Å². The summed E-state index contributed by atoms with van der Waals surface area (Å²) in [4.78, 5) is 11.9. The first-order chi connectivity index (χ1) is 11.2. The van der Waals surface area contributed by atoms with Gasteiger partial charge in [0.1, 0.15) is 17.9 Å². The molecule has 0 fully saturated rings.